The molecule has 1 atom stereocenters. The van der Waals surface area contributed by atoms with Crippen LogP contribution in [0.15, 0.2) is 131 Å². The zero-order valence-corrected chi connectivity index (χ0v) is 23.7. The first-order valence-electron chi connectivity index (χ1n) is 11.7. The molecule has 1 heterocycles. The van der Waals surface area contributed by atoms with E-state index in [1.165, 1.54) is 24.7 Å². The third-order valence-corrected chi connectivity index (χ3v) is 15.7. The molecule has 4 aromatic carbocycles. The summed E-state index contributed by atoms with van der Waals surface area (Å²) >= 11 is 0.687. The molecular formula is C30H28OSe2Si. The Morgan fingerprint density at radius 1 is 0.676 bits per heavy atom. The summed E-state index contributed by atoms with van der Waals surface area (Å²) in [4.78, 5) is 0. The summed E-state index contributed by atoms with van der Waals surface area (Å²) in [5.74, 6) is 0. The van der Waals surface area contributed by atoms with Crippen molar-refractivity contribution in [2.24, 2.45) is 0 Å². The first-order valence-corrected chi connectivity index (χ1v) is 17.9. The topological polar surface area (TPSA) is 9.23 Å². The first-order chi connectivity index (χ1) is 16.7. The van der Waals surface area contributed by atoms with E-state index in [4.69, 9.17) is 4.74 Å². The Labute approximate surface area is 216 Å². The van der Waals surface area contributed by atoms with E-state index in [0.717, 1.165) is 11.7 Å². The molecule has 4 aromatic rings. The van der Waals surface area contributed by atoms with Gasteiger partial charge in [-0.15, -0.1) is 0 Å². The van der Waals surface area contributed by atoms with Crippen LogP contribution >= 0.6 is 0 Å². The number of hydrogen-bond donors (Lipinski definition) is 0. The SMILES string of the molecule is C[Si](C1=C([Se]c2ccccc2)CC(C[Se]c2ccccc2)O1)(c1ccccc1)c1ccccc1. The van der Waals surface area contributed by atoms with Gasteiger partial charge in [0.1, 0.15) is 0 Å². The molecule has 0 saturated carbocycles. The van der Waals surface area contributed by atoms with Crippen molar-refractivity contribution in [3.63, 3.8) is 0 Å². The Balaban J connectivity index is 1.53. The second-order valence-corrected chi connectivity index (χ2v) is 17.2. The maximum absolute atomic E-state index is 7.01. The van der Waals surface area contributed by atoms with Crippen molar-refractivity contribution >= 4 is 57.3 Å². The van der Waals surface area contributed by atoms with Crippen LogP contribution in [0.2, 0.25) is 11.9 Å². The molecule has 1 aliphatic rings. The maximum atomic E-state index is 7.01. The monoisotopic (exact) mass is 592 g/mol. The first kappa shape index (κ1) is 23.4. The van der Waals surface area contributed by atoms with Crippen molar-refractivity contribution in [1.82, 2.24) is 0 Å². The normalized spacial score (nSPS) is 15.9. The van der Waals surface area contributed by atoms with E-state index in [1.54, 1.807) is 4.47 Å². The molecule has 0 spiro atoms. The van der Waals surface area contributed by atoms with Crippen LogP contribution in [0.4, 0.5) is 0 Å². The van der Waals surface area contributed by atoms with Crippen LogP contribution in [0.3, 0.4) is 0 Å². The van der Waals surface area contributed by atoms with Crippen molar-refractivity contribution in [3.8, 4) is 0 Å². The van der Waals surface area contributed by atoms with Gasteiger partial charge < -0.3 is 0 Å². The van der Waals surface area contributed by atoms with Gasteiger partial charge in [0.05, 0.1) is 0 Å². The summed E-state index contributed by atoms with van der Waals surface area (Å²) in [6, 6.07) is 44.1. The van der Waals surface area contributed by atoms with Crippen molar-refractivity contribution in [3.05, 3.63) is 131 Å². The Morgan fingerprint density at radius 2 is 1.15 bits per heavy atom. The van der Waals surface area contributed by atoms with Gasteiger partial charge in [0, 0.05) is 0 Å². The van der Waals surface area contributed by atoms with E-state index >= 15 is 0 Å². The van der Waals surface area contributed by atoms with Crippen LogP contribution in [0.1, 0.15) is 6.42 Å². The third kappa shape index (κ3) is 5.17. The van der Waals surface area contributed by atoms with Gasteiger partial charge in [0.25, 0.3) is 0 Å². The van der Waals surface area contributed by atoms with Gasteiger partial charge in [0.2, 0.25) is 0 Å². The predicted molar refractivity (Wildman–Crippen MR) is 149 cm³/mol. The number of benzene rings is 4. The van der Waals surface area contributed by atoms with E-state index in [-0.39, 0.29) is 21.1 Å². The zero-order valence-electron chi connectivity index (χ0n) is 19.3. The fourth-order valence-electron chi connectivity index (χ4n) is 4.46. The summed E-state index contributed by atoms with van der Waals surface area (Å²) in [5, 5.41) is 5.27. The summed E-state index contributed by atoms with van der Waals surface area (Å²) in [7, 11) is -2.26. The van der Waals surface area contributed by atoms with Crippen LogP contribution in [-0.4, -0.2) is 44.1 Å². The molecule has 1 unspecified atom stereocenters. The molecule has 0 aromatic heterocycles. The van der Waals surface area contributed by atoms with Gasteiger partial charge in [-0.2, -0.15) is 0 Å². The van der Waals surface area contributed by atoms with E-state index in [2.05, 4.69) is 128 Å². The molecule has 170 valence electrons. The Kier molecular flexibility index (Phi) is 7.54. The van der Waals surface area contributed by atoms with Crippen molar-refractivity contribution in [2.45, 2.75) is 24.4 Å². The molecule has 0 bridgehead atoms. The molecule has 0 amide bonds. The van der Waals surface area contributed by atoms with E-state index in [9.17, 15) is 0 Å². The van der Waals surface area contributed by atoms with E-state index in [0.29, 0.717) is 15.0 Å². The summed E-state index contributed by atoms with van der Waals surface area (Å²) in [6.45, 7) is 2.48. The summed E-state index contributed by atoms with van der Waals surface area (Å²) in [5.41, 5.74) is 0. The molecule has 0 fully saturated rings. The Bertz CT molecular complexity index is 1190. The summed E-state index contributed by atoms with van der Waals surface area (Å²) < 4.78 is 11.4. The van der Waals surface area contributed by atoms with E-state index in [1.807, 2.05) is 0 Å². The van der Waals surface area contributed by atoms with Gasteiger partial charge in [-0.3, -0.25) is 0 Å². The number of rotatable bonds is 8. The van der Waals surface area contributed by atoms with Gasteiger partial charge in [0.15, 0.2) is 0 Å². The molecule has 0 aliphatic carbocycles. The van der Waals surface area contributed by atoms with Crippen molar-refractivity contribution in [2.75, 3.05) is 0 Å². The predicted octanol–water partition coefficient (Wildman–Crippen LogP) is 3.90. The van der Waals surface area contributed by atoms with Crippen LogP contribution < -0.4 is 19.3 Å². The van der Waals surface area contributed by atoms with E-state index < -0.39 is 8.07 Å². The van der Waals surface area contributed by atoms with Crippen LogP contribution in [0.5, 0.6) is 0 Å². The number of ether oxygens (including phenoxy) is 1. The van der Waals surface area contributed by atoms with Gasteiger partial charge in [-0.05, 0) is 0 Å². The molecule has 0 N–H and O–H groups in total. The second-order valence-electron chi connectivity index (χ2n) is 8.59. The van der Waals surface area contributed by atoms with Gasteiger partial charge in [-0.25, -0.2) is 0 Å². The fraction of sp³-hybridized carbons (Fsp3) is 0.133. The zero-order chi connectivity index (χ0) is 23.2. The number of hydrogen-bond acceptors (Lipinski definition) is 1. The van der Waals surface area contributed by atoms with Crippen molar-refractivity contribution in [1.29, 1.82) is 0 Å². The summed E-state index contributed by atoms with van der Waals surface area (Å²) in [6.07, 6.45) is 1.33. The molecule has 34 heavy (non-hydrogen) atoms. The van der Waals surface area contributed by atoms with Crippen LogP contribution in [-0.2, 0) is 4.74 Å². The average Bonchev–Trinajstić information content (AvgIpc) is 3.32. The fourth-order valence-corrected chi connectivity index (χ4v) is 13.6. The molecule has 1 nitrogen and oxygen atoms in total. The molecule has 4 heteroatoms. The van der Waals surface area contributed by atoms with Crippen molar-refractivity contribution < 1.29 is 4.74 Å². The third-order valence-electron chi connectivity index (χ3n) is 6.27. The molecule has 1 aliphatic heterocycles. The minimum atomic E-state index is -2.26. The quantitative estimate of drug-likeness (QED) is 0.283. The van der Waals surface area contributed by atoms with Gasteiger partial charge >= 0.3 is 218 Å². The molecular weight excluding hydrogens is 562 g/mol. The minimum absolute atomic E-state index is 0.267. The van der Waals surface area contributed by atoms with Crippen LogP contribution in [0, 0.1) is 0 Å². The second kappa shape index (κ2) is 10.9. The standard InChI is InChI=1S/C30H28OSe2Si/c1-34(27-18-10-4-11-19-27,28-20-12-5-13-21-28)30-29(33-26-16-8-3-9-17-26)22-24(31-30)23-32-25-14-6-2-7-15-25/h2-21,24H,22-23H2,1H3. The molecule has 0 radical (unpaired) electrons. The molecule has 0 saturated heterocycles. The Morgan fingerprint density at radius 3 is 1.68 bits per heavy atom. The van der Waals surface area contributed by atoms with Crippen LogP contribution in [0.25, 0.3) is 0 Å². The van der Waals surface area contributed by atoms with Gasteiger partial charge in [-0.1, -0.05) is 0 Å². The molecule has 5 rings (SSSR count). The average molecular weight is 591 g/mol. The Hall–Kier alpha value is -2.32.